The average Bonchev–Trinajstić information content (AvgIpc) is 2.37. The molecule has 0 bridgehead atoms. The van der Waals surface area contributed by atoms with Crippen molar-refractivity contribution in [3.63, 3.8) is 0 Å². The molecule has 0 heterocycles. The van der Waals surface area contributed by atoms with E-state index in [0.29, 0.717) is 6.42 Å². The summed E-state index contributed by atoms with van der Waals surface area (Å²) in [6.07, 6.45) is 3.12. The van der Waals surface area contributed by atoms with Crippen molar-refractivity contribution >= 4 is 19.5 Å². The first-order valence-electron chi connectivity index (χ1n) is 6.80. The Labute approximate surface area is 124 Å². The van der Waals surface area contributed by atoms with Gasteiger partial charge in [0, 0.05) is 5.57 Å². The molecule has 0 aromatic rings. The Morgan fingerprint density at radius 2 is 1.81 bits per heavy atom. The lowest BCUT2D eigenvalue weighted by Crippen LogP contribution is -2.23. The van der Waals surface area contributed by atoms with E-state index in [1.165, 1.54) is 6.92 Å². The van der Waals surface area contributed by atoms with Crippen molar-refractivity contribution in [2.45, 2.75) is 46.0 Å². The Morgan fingerprint density at radius 3 is 2.29 bits per heavy atom. The molecule has 0 radical (unpaired) electrons. The lowest BCUT2D eigenvalue weighted by molar-refractivity contribution is -0.258. The summed E-state index contributed by atoms with van der Waals surface area (Å²) in [6.45, 7) is 6.73. The van der Waals surface area contributed by atoms with Crippen molar-refractivity contribution in [2.24, 2.45) is 5.92 Å². The zero-order valence-electron chi connectivity index (χ0n) is 12.4. The minimum absolute atomic E-state index is 0.0530. The molecular weight excluding hydrogens is 299 g/mol. The molecule has 1 unspecified atom stereocenters. The summed E-state index contributed by atoms with van der Waals surface area (Å²) in [5.74, 6) is -2.85. The second kappa shape index (κ2) is 9.71. The van der Waals surface area contributed by atoms with Gasteiger partial charge in [0.1, 0.15) is 0 Å². The van der Waals surface area contributed by atoms with E-state index in [4.69, 9.17) is 9.79 Å². The summed E-state index contributed by atoms with van der Waals surface area (Å²) in [5.41, 5.74) is 0.0530. The number of hydrogen-bond donors (Lipinski definition) is 2. The van der Waals surface area contributed by atoms with Crippen LogP contribution in [0.4, 0.5) is 0 Å². The van der Waals surface area contributed by atoms with Crippen molar-refractivity contribution in [2.75, 3.05) is 6.16 Å². The molecule has 0 aliphatic carbocycles. The standard InChI is InChI=1S/C13H23O7P/c1-4-5-6-7-8-11(9-21(16,17)18)13(15)20-19-12(14)10(2)3/h11H,2,4-9H2,1,3H3,(H2,16,17,18). The first-order chi connectivity index (χ1) is 9.67. The van der Waals surface area contributed by atoms with Crippen molar-refractivity contribution in [1.82, 2.24) is 0 Å². The smallest absolute Gasteiger partial charge is 0.324 e. The van der Waals surface area contributed by atoms with Gasteiger partial charge in [-0.25, -0.2) is 19.4 Å². The molecule has 0 aliphatic heterocycles. The van der Waals surface area contributed by atoms with Gasteiger partial charge in [0.2, 0.25) is 0 Å². The lowest BCUT2D eigenvalue weighted by atomic mass is 10.0. The molecule has 0 saturated carbocycles. The largest absolute Gasteiger partial charge is 0.381 e. The van der Waals surface area contributed by atoms with E-state index in [2.05, 4.69) is 16.4 Å². The molecule has 7 nitrogen and oxygen atoms in total. The second-order valence-electron chi connectivity index (χ2n) is 4.95. The van der Waals surface area contributed by atoms with Crippen LogP contribution in [-0.2, 0) is 23.9 Å². The van der Waals surface area contributed by atoms with Crippen molar-refractivity contribution in [1.29, 1.82) is 0 Å². The van der Waals surface area contributed by atoms with Crippen LogP contribution in [0.15, 0.2) is 12.2 Å². The molecule has 0 saturated heterocycles. The van der Waals surface area contributed by atoms with Gasteiger partial charge < -0.3 is 9.79 Å². The molecule has 21 heavy (non-hydrogen) atoms. The number of unbranched alkanes of at least 4 members (excludes halogenated alkanes) is 3. The van der Waals surface area contributed by atoms with Crippen LogP contribution >= 0.6 is 7.60 Å². The molecule has 0 amide bonds. The Bertz CT molecular complexity index is 413. The Hall–Kier alpha value is -1.17. The number of rotatable bonds is 9. The number of carbonyl (C=O) groups excluding carboxylic acids is 2. The third-order valence-electron chi connectivity index (χ3n) is 2.75. The van der Waals surface area contributed by atoms with Crippen LogP contribution in [0.1, 0.15) is 46.0 Å². The van der Waals surface area contributed by atoms with Crippen LogP contribution in [0, 0.1) is 5.92 Å². The first-order valence-corrected chi connectivity index (χ1v) is 8.60. The molecule has 0 spiro atoms. The van der Waals surface area contributed by atoms with Gasteiger partial charge in [-0.1, -0.05) is 39.2 Å². The highest BCUT2D eigenvalue weighted by Gasteiger charge is 2.30. The van der Waals surface area contributed by atoms with Crippen molar-refractivity contribution < 1.29 is 33.7 Å². The molecule has 122 valence electrons. The predicted octanol–water partition coefficient (Wildman–Crippen LogP) is 2.33. The van der Waals surface area contributed by atoms with E-state index in [-0.39, 0.29) is 12.0 Å². The van der Waals surface area contributed by atoms with Crippen LogP contribution < -0.4 is 0 Å². The van der Waals surface area contributed by atoms with Gasteiger partial charge in [-0.05, 0) is 13.3 Å². The van der Waals surface area contributed by atoms with Crippen LogP contribution in [0.3, 0.4) is 0 Å². The zero-order valence-corrected chi connectivity index (χ0v) is 13.3. The molecule has 0 aromatic carbocycles. The maximum Gasteiger partial charge on any atom is 0.381 e. The summed E-state index contributed by atoms with van der Waals surface area (Å²) in [6, 6.07) is 0. The molecule has 0 aliphatic rings. The van der Waals surface area contributed by atoms with Crippen LogP contribution in [0.2, 0.25) is 0 Å². The van der Waals surface area contributed by atoms with Gasteiger partial charge in [0.25, 0.3) is 0 Å². The molecule has 0 fully saturated rings. The van der Waals surface area contributed by atoms with Gasteiger partial charge in [-0.15, -0.1) is 0 Å². The van der Waals surface area contributed by atoms with Gasteiger partial charge in [-0.3, -0.25) is 4.57 Å². The highest BCUT2D eigenvalue weighted by molar-refractivity contribution is 7.51. The van der Waals surface area contributed by atoms with E-state index in [9.17, 15) is 14.2 Å². The SMILES string of the molecule is C=C(C)C(=O)OOC(=O)C(CCCCCC)CP(=O)(O)O. The van der Waals surface area contributed by atoms with E-state index in [0.717, 1.165) is 19.3 Å². The second-order valence-corrected chi connectivity index (χ2v) is 6.64. The maximum absolute atomic E-state index is 11.7. The molecule has 8 heteroatoms. The Morgan fingerprint density at radius 1 is 1.19 bits per heavy atom. The highest BCUT2D eigenvalue weighted by Crippen LogP contribution is 2.38. The third kappa shape index (κ3) is 10.2. The molecule has 2 N–H and O–H groups in total. The summed E-state index contributed by atoms with van der Waals surface area (Å²) < 4.78 is 11.0. The number of hydrogen-bond acceptors (Lipinski definition) is 5. The fourth-order valence-corrected chi connectivity index (χ4v) is 2.51. The quantitative estimate of drug-likeness (QED) is 0.220. The Balaban J connectivity index is 4.48. The van der Waals surface area contributed by atoms with E-state index >= 15 is 0 Å². The lowest BCUT2D eigenvalue weighted by Gasteiger charge is -2.15. The van der Waals surface area contributed by atoms with E-state index in [1.807, 2.05) is 6.92 Å². The Kier molecular flexibility index (Phi) is 9.17. The summed E-state index contributed by atoms with van der Waals surface area (Å²) in [4.78, 5) is 49.4. The summed E-state index contributed by atoms with van der Waals surface area (Å²) >= 11 is 0. The molecule has 0 aromatic heterocycles. The topological polar surface area (TPSA) is 110 Å². The summed E-state index contributed by atoms with van der Waals surface area (Å²) in [7, 11) is -4.36. The monoisotopic (exact) mass is 322 g/mol. The summed E-state index contributed by atoms with van der Waals surface area (Å²) in [5, 5.41) is 0. The third-order valence-corrected chi connectivity index (χ3v) is 3.66. The van der Waals surface area contributed by atoms with Crippen molar-refractivity contribution in [3.05, 3.63) is 12.2 Å². The van der Waals surface area contributed by atoms with E-state index < -0.39 is 31.6 Å². The van der Waals surface area contributed by atoms with Gasteiger partial charge in [0.05, 0.1) is 12.1 Å². The fraction of sp³-hybridized carbons (Fsp3) is 0.692. The molecular formula is C13H23O7P. The predicted molar refractivity (Wildman–Crippen MR) is 76.2 cm³/mol. The highest BCUT2D eigenvalue weighted by atomic mass is 31.2. The van der Waals surface area contributed by atoms with Gasteiger partial charge >= 0.3 is 19.5 Å². The molecule has 1 atom stereocenters. The average molecular weight is 322 g/mol. The van der Waals surface area contributed by atoms with Crippen LogP contribution in [0.5, 0.6) is 0 Å². The minimum Gasteiger partial charge on any atom is -0.324 e. The van der Waals surface area contributed by atoms with Crippen LogP contribution in [0.25, 0.3) is 0 Å². The zero-order chi connectivity index (χ0) is 16.5. The minimum atomic E-state index is -4.36. The van der Waals surface area contributed by atoms with Crippen molar-refractivity contribution in [3.8, 4) is 0 Å². The molecule has 0 rings (SSSR count). The number of carbonyl (C=O) groups is 2. The van der Waals surface area contributed by atoms with Gasteiger partial charge in [0.15, 0.2) is 0 Å². The van der Waals surface area contributed by atoms with E-state index in [1.54, 1.807) is 0 Å². The maximum atomic E-state index is 11.7. The fourth-order valence-electron chi connectivity index (χ4n) is 1.61. The normalized spacial score (nSPS) is 12.6. The van der Waals surface area contributed by atoms with Crippen LogP contribution in [-0.4, -0.2) is 27.9 Å². The van der Waals surface area contributed by atoms with Gasteiger partial charge in [-0.2, -0.15) is 0 Å². The first kappa shape index (κ1) is 19.8.